The van der Waals surface area contributed by atoms with Crippen LogP contribution in [-0.4, -0.2) is 77.5 Å². The van der Waals surface area contributed by atoms with Gasteiger partial charge in [-0.05, 0) is 6.42 Å². The highest BCUT2D eigenvalue weighted by Gasteiger charge is 2.34. The number of aliphatic hydroxyl groups is 1. The van der Waals surface area contributed by atoms with E-state index in [1.54, 1.807) is 0 Å². The molecule has 0 aliphatic heterocycles. The molecular weight excluding hydrogens is 430 g/mol. The predicted molar refractivity (Wildman–Crippen MR) is 114 cm³/mol. The topological polar surface area (TPSA) is 159 Å². The molecular formula is C20H37NO9S. The Balaban J connectivity index is 4.20. The Kier molecular flexibility index (Phi) is 16.0. The molecule has 0 saturated carbocycles. The minimum atomic E-state index is -4.94. The summed E-state index contributed by atoms with van der Waals surface area (Å²) in [5, 5.41) is 15.6. The average Bonchev–Trinajstić information content (AvgIpc) is 2.68. The van der Waals surface area contributed by atoms with E-state index >= 15 is 0 Å². The number of aliphatic carboxylic acids is 1. The van der Waals surface area contributed by atoms with E-state index in [0.717, 1.165) is 25.7 Å². The quantitative estimate of drug-likeness (QED) is 0.147. The average molecular weight is 468 g/mol. The molecule has 10 nitrogen and oxygen atoms in total. The SMILES string of the molecule is CCCCCCCCCCCC(=O)N(CCO)CCOC(=O)CC(C(=O)O)S(=O)(=O)O. The highest BCUT2D eigenvalue weighted by molar-refractivity contribution is 7.87. The summed E-state index contributed by atoms with van der Waals surface area (Å²) in [5.41, 5.74) is 0. The first kappa shape index (κ1) is 29.3. The van der Waals surface area contributed by atoms with Gasteiger partial charge in [0.05, 0.1) is 19.6 Å². The van der Waals surface area contributed by atoms with Crippen LogP contribution in [0, 0.1) is 0 Å². The van der Waals surface area contributed by atoms with Crippen molar-refractivity contribution in [3.8, 4) is 0 Å². The number of hydrogen-bond acceptors (Lipinski definition) is 7. The number of carbonyl (C=O) groups is 3. The fraction of sp³-hybridized carbons (Fsp3) is 0.850. The molecule has 0 aromatic rings. The smallest absolute Gasteiger partial charge is 0.325 e. The standard InChI is InChI=1S/C20H37NO9S/c1-2-3-4-5-6-7-8-9-10-11-18(23)21(12-14-22)13-15-30-19(24)16-17(20(25)26)31(27,28)29/h17,22H,2-16H2,1H3,(H,25,26)(H,27,28,29). The number of nitrogens with zero attached hydrogens (tertiary/aromatic N) is 1. The lowest BCUT2D eigenvalue weighted by molar-refractivity contribution is -0.148. The minimum absolute atomic E-state index is 0.00776. The van der Waals surface area contributed by atoms with Crippen molar-refractivity contribution < 1.29 is 42.3 Å². The zero-order valence-electron chi connectivity index (χ0n) is 18.3. The summed E-state index contributed by atoms with van der Waals surface area (Å²) >= 11 is 0. The van der Waals surface area contributed by atoms with E-state index in [9.17, 15) is 22.8 Å². The molecule has 0 radical (unpaired) electrons. The van der Waals surface area contributed by atoms with Gasteiger partial charge in [0.1, 0.15) is 6.61 Å². The van der Waals surface area contributed by atoms with E-state index in [2.05, 4.69) is 6.92 Å². The van der Waals surface area contributed by atoms with Crippen LogP contribution in [0.3, 0.4) is 0 Å². The summed E-state index contributed by atoms with van der Waals surface area (Å²) in [5.74, 6) is -3.17. The Morgan fingerprint density at radius 2 is 1.48 bits per heavy atom. The van der Waals surface area contributed by atoms with Crippen molar-refractivity contribution in [1.82, 2.24) is 4.90 Å². The van der Waals surface area contributed by atoms with Crippen molar-refractivity contribution in [2.45, 2.75) is 82.8 Å². The van der Waals surface area contributed by atoms with Crippen LogP contribution in [0.2, 0.25) is 0 Å². The van der Waals surface area contributed by atoms with Crippen molar-refractivity contribution in [1.29, 1.82) is 0 Å². The van der Waals surface area contributed by atoms with Gasteiger partial charge in [0.2, 0.25) is 5.91 Å². The van der Waals surface area contributed by atoms with E-state index < -0.39 is 33.7 Å². The maximum absolute atomic E-state index is 12.3. The number of esters is 1. The van der Waals surface area contributed by atoms with Crippen LogP contribution in [-0.2, 0) is 29.2 Å². The second kappa shape index (κ2) is 16.9. The number of ether oxygens (including phenoxy) is 1. The summed E-state index contributed by atoms with van der Waals surface area (Å²) < 4.78 is 35.6. The maximum Gasteiger partial charge on any atom is 0.325 e. The monoisotopic (exact) mass is 467 g/mol. The summed E-state index contributed by atoms with van der Waals surface area (Å²) in [4.78, 5) is 36.1. The Morgan fingerprint density at radius 3 is 1.97 bits per heavy atom. The van der Waals surface area contributed by atoms with Gasteiger partial charge < -0.3 is 19.8 Å². The number of amides is 1. The van der Waals surface area contributed by atoms with Crippen molar-refractivity contribution in [2.24, 2.45) is 0 Å². The first-order valence-corrected chi connectivity index (χ1v) is 12.4. The summed E-state index contributed by atoms with van der Waals surface area (Å²) in [6, 6.07) is 0. The highest BCUT2D eigenvalue weighted by atomic mass is 32.2. The van der Waals surface area contributed by atoms with Crippen LogP contribution in [0.15, 0.2) is 0 Å². The Morgan fingerprint density at radius 1 is 0.935 bits per heavy atom. The molecule has 0 fully saturated rings. The molecule has 0 heterocycles. The van der Waals surface area contributed by atoms with Crippen LogP contribution in [0.1, 0.15) is 77.6 Å². The molecule has 31 heavy (non-hydrogen) atoms. The Bertz CT molecular complexity index is 637. The van der Waals surface area contributed by atoms with Crippen molar-refractivity contribution in [3.05, 3.63) is 0 Å². The van der Waals surface area contributed by atoms with E-state index in [0.29, 0.717) is 6.42 Å². The van der Waals surface area contributed by atoms with Crippen LogP contribution in [0.25, 0.3) is 0 Å². The van der Waals surface area contributed by atoms with Crippen molar-refractivity contribution >= 4 is 28.0 Å². The molecule has 0 rings (SSSR count). The minimum Gasteiger partial charge on any atom is -0.480 e. The van der Waals surface area contributed by atoms with Gasteiger partial charge in [-0.3, -0.25) is 18.9 Å². The number of unbranched alkanes of at least 4 members (excludes halogenated alkanes) is 8. The zero-order valence-corrected chi connectivity index (χ0v) is 19.1. The van der Waals surface area contributed by atoms with Gasteiger partial charge in [-0.1, -0.05) is 58.3 Å². The third-order valence-corrected chi connectivity index (χ3v) is 5.92. The van der Waals surface area contributed by atoms with Gasteiger partial charge in [0.15, 0.2) is 5.25 Å². The first-order chi connectivity index (χ1) is 14.6. The molecule has 1 atom stereocenters. The van der Waals surface area contributed by atoms with Crippen molar-refractivity contribution in [3.63, 3.8) is 0 Å². The highest BCUT2D eigenvalue weighted by Crippen LogP contribution is 2.11. The summed E-state index contributed by atoms with van der Waals surface area (Å²) in [6.45, 7) is 1.70. The number of hydrogen-bond donors (Lipinski definition) is 3. The van der Waals surface area contributed by atoms with Gasteiger partial charge in [0.25, 0.3) is 10.1 Å². The maximum atomic E-state index is 12.3. The molecule has 0 bridgehead atoms. The normalized spacial score (nSPS) is 12.4. The van der Waals surface area contributed by atoms with Gasteiger partial charge in [-0.2, -0.15) is 8.42 Å². The summed E-state index contributed by atoms with van der Waals surface area (Å²) in [6.07, 6.45) is 9.35. The predicted octanol–water partition coefficient (Wildman–Crippen LogP) is 2.00. The fourth-order valence-electron chi connectivity index (χ4n) is 3.03. The van der Waals surface area contributed by atoms with Crippen molar-refractivity contribution in [2.75, 3.05) is 26.3 Å². The van der Waals surface area contributed by atoms with Gasteiger partial charge >= 0.3 is 11.9 Å². The first-order valence-electron chi connectivity index (χ1n) is 10.9. The summed E-state index contributed by atoms with van der Waals surface area (Å²) in [7, 11) is -4.94. The Labute approximate surface area is 184 Å². The van der Waals surface area contributed by atoms with Gasteiger partial charge in [0, 0.05) is 13.0 Å². The number of rotatable bonds is 19. The third kappa shape index (κ3) is 14.8. The lowest BCUT2D eigenvalue weighted by Crippen LogP contribution is -2.37. The lowest BCUT2D eigenvalue weighted by atomic mass is 10.1. The zero-order chi connectivity index (χ0) is 23.7. The second-order valence-electron chi connectivity index (χ2n) is 7.45. The molecule has 0 aromatic carbocycles. The van der Waals surface area contributed by atoms with Crippen LogP contribution in [0.5, 0.6) is 0 Å². The lowest BCUT2D eigenvalue weighted by Gasteiger charge is -2.21. The molecule has 1 amide bonds. The molecule has 1 unspecified atom stereocenters. The number of carboxylic acids is 1. The van der Waals surface area contributed by atoms with E-state index in [1.807, 2.05) is 0 Å². The van der Waals surface area contributed by atoms with Crippen LogP contribution < -0.4 is 0 Å². The number of carboxylic acid groups (broad SMARTS) is 1. The third-order valence-electron chi connectivity index (χ3n) is 4.83. The molecule has 182 valence electrons. The fourth-order valence-corrected chi connectivity index (χ4v) is 3.63. The molecule has 11 heteroatoms. The van der Waals surface area contributed by atoms with E-state index in [-0.39, 0.29) is 32.2 Å². The molecule has 0 aromatic heterocycles. The number of carbonyl (C=O) groups excluding carboxylic acids is 2. The number of aliphatic hydroxyl groups excluding tert-OH is 1. The second-order valence-corrected chi connectivity index (χ2v) is 9.05. The van der Waals surface area contributed by atoms with Crippen LogP contribution >= 0.6 is 0 Å². The molecule has 0 saturated heterocycles. The van der Waals surface area contributed by atoms with Crippen LogP contribution in [0.4, 0.5) is 0 Å². The van der Waals surface area contributed by atoms with E-state index in [1.165, 1.54) is 37.0 Å². The molecule has 0 spiro atoms. The molecule has 3 N–H and O–H groups in total. The van der Waals surface area contributed by atoms with Gasteiger partial charge in [-0.15, -0.1) is 0 Å². The largest absolute Gasteiger partial charge is 0.480 e. The van der Waals surface area contributed by atoms with Gasteiger partial charge in [-0.25, -0.2) is 0 Å². The Hall–Kier alpha value is -1.72. The molecule has 0 aliphatic carbocycles. The van der Waals surface area contributed by atoms with E-state index in [4.69, 9.17) is 19.5 Å². The molecule has 0 aliphatic rings.